The highest BCUT2D eigenvalue weighted by Crippen LogP contribution is 2.19. The zero-order valence-corrected chi connectivity index (χ0v) is 48.4. The number of aliphatic hydroxyl groups excluding tert-OH is 3. The van der Waals surface area contributed by atoms with Crippen molar-refractivity contribution in [2.24, 2.45) is 0 Å². The second-order valence-corrected chi connectivity index (χ2v) is 22.7. The Morgan fingerprint density at radius 3 is 0.817 bits per heavy atom. The van der Waals surface area contributed by atoms with Crippen molar-refractivity contribution in [2.45, 2.75) is 385 Å². The predicted molar refractivity (Wildman–Crippen MR) is 315 cm³/mol. The van der Waals surface area contributed by atoms with Crippen molar-refractivity contribution in [3.05, 3.63) is 24.3 Å². The molecule has 422 valence electrons. The van der Waals surface area contributed by atoms with Crippen LogP contribution in [0.15, 0.2) is 24.3 Å². The van der Waals surface area contributed by atoms with Gasteiger partial charge in [-0.1, -0.05) is 321 Å². The molecule has 0 aliphatic heterocycles. The van der Waals surface area contributed by atoms with Crippen LogP contribution in [-0.2, 0) is 4.79 Å². The molecule has 0 aromatic rings. The Bertz CT molecular complexity index is 1060. The normalized spacial score (nSPS) is 13.3. The summed E-state index contributed by atoms with van der Waals surface area (Å²) < 4.78 is 0. The maximum absolute atomic E-state index is 12.5. The Balaban J connectivity index is 3.45. The van der Waals surface area contributed by atoms with Gasteiger partial charge in [0.05, 0.1) is 18.8 Å². The fraction of sp³-hybridized carbons (Fsp3) is 0.924. The van der Waals surface area contributed by atoms with Crippen molar-refractivity contribution in [1.29, 1.82) is 0 Å². The Labute approximate surface area is 445 Å². The van der Waals surface area contributed by atoms with E-state index in [-0.39, 0.29) is 12.5 Å². The number of hydrogen-bond acceptors (Lipinski definition) is 4. The lowest BCUT2D eigenvalue weighted by Gasteiger charge is -2.26. The molecule has 0 spiro atoms. The van der Waals surface area contributed by atoms with Crippen LogP contribution in [-0.4, -0.2) is 46.1 Å². The van der Waals surface area contributed by atoms with Crippen molar-refractivity contribution in [3.63, 3.8) is 0 Å². The quantitative estimate of drug-likeness (QED) is 0.0361. The van der Waals surface area contributed by atoms with Crippen molar-refractivity contribution >= 4 is 5.91 Å². The topological polar surface area (TPSA) is 89.8 Å². The van der Waals surface area contributed by atoms with Crippen LogP contribution in [0.3, 0.4) is 0 Å². The lowest BCUT2D eigenvalue weighted by Crippen LogP contribution is -2.50. The van der Waals surface area contributed by atoms with E-state index in [1.165, 1.54) is 302 Å². The monoisotopic (exact) mass is 1000 g/mol. The SMILES string of the molecule is CCCCCCCCCCCCCCC/C=C/CCCC(O)C(O)C(CO)NC(=O)CCCCCCCCCCCCCCCCCCC/C=C\CCCCCCCCCCCCCCCCCCCC. The summed E-state index contributed by atoms with van der Waals surface area (Å²) in [5.41, 5.74) is 0. The zero-order chi connectivity index (χ0) is 51.4. The third-order valence-electron chi connectivity index (χ3n) is 15.5. The summed E-state index contributed by atoms with van der Waals surface area (Å²) in [6.45, 7) is 4.21. The van der Waals surface area contributed by atoms with Crippen LogP contribution in [0.2, 0.25) is 0 Å². The van der Waals surface area contributed by atoms with E-state index in [1.54, 1.807) is 0 Å². The van der Waals surface area contributed by atoms with Gasteiger partial charge in [-0.25, -0.2) is 0 Å². The minimum atomic E-state index is -1.16. The Kier molecular flexibility index (Phi) is 60.4. The molecule has 4 N–H and O–H groups in total. The number of carbonyl (C=O) groups excluding carboxylic acids is 1. The van der Waals surface area contributed by atoms with E-state index in [2.05, 4.69) is 43.5 Å². The molecule has 3 atom stereocenters. The second-order valence-electron chi connectivity index (χ2n) is 22.7. The molecule has 0 saturated heterocycles. The lowest BCUT2D eigenvalue weighted by molar-refractivity contribution is -0.124. The van der Waals surface area contributed by atoms with Crippen LogP contribution in [0.1, 0.15) is 367 Å². The van der Waals surface area contributed by atoms with Crippen molar-refractivity contribution < 1.29 is 20.1 Å². The highest BCUT2D eigenvalue weighted by atomic mass is 16.3. The van der Waals surface area contributed by atoms with Gasteiger partial charge in [0, 0.05) is 6.42 Å². The molecule has 3 unspecified atom stereocenters. The molecule has 0 aliphatic rings. The minimum Gasteiger partial charge on any atom is -0.394 e. The number of allylic oxidation sites excluding steroid dienone is 4. The molecule has 0 saturated carbocycles. The number of unbranched alkanes of at least 4 members (excludes halogenated alkanes) is 49. The number of rotatable bonds is 61. The summed E-state index contributed by atoms with van der Waals surface area (Å²) >= 11 is 0. The largest absolute Gasteiger partial charge is 0.394 e. The first-order chi connectivity index (χ1) is 35.1. The highest BCUT2D eigenvalue weighted by molar-refractivity contribution is 5.76. The zero-order valence-electron chi connectivity index (χ0n) is 48.4. The first-order valence-corrected chi connectivity index (χ1v) is 32.6. The van der Waals surface area contributed by atoms with E-state index in [9.17, 15) is 20.1 Å². The van der Waals surface area contributed by atoms with Gasteiger partial charge in [-0.15, -0.1) is 0 Å². The van der Waals surface area contributed by atoms with Gasteiger partial charge < -0.3 is 20.6 Å². The molecular weight excluding hydrogens is 871 g/mol. The van der Waals surface area contributed by atoms with E-state index < -0.39 is 18.2 Å². The summed E-state index contributed by atoms with van der Waals surface area (Å²) in [6.07, 6.45) is 79.6. The number of amides is 1. The molecule has 0 aromatic heterocycles. The number of nitrogens with one attached hydrogen (secondary N) is 1. The van der Waals surface area contributed by atoms with Crippen molar-refractivity contribution in [3.8, 4) is 0 Å². The van der Waals surface area contributed by atoms with Crippen LogP contribution >= 0.6 is 0 Å². The van der Waals surface area contributed by atoms with E-state index in [0.29, 0.717) is 12.8 Å². The summed E-state index contributed by atoms with van der Waals surface area (Å²) in [5, 5.41) is 33.8. The van der Waals surface area contributed by atoms with Crippen molar-refractivity contribution in [1.82, 2.24) is 5.32 Å². The van der Waals surface area contributed by atoms with Gasteiger partial charge in [-0.05, 0) is 64.2 Å². The molecule has 5 heteroatoms. The maximum atomic E-state index is 12.5. The molecule has 71 heavy (non-hydrogen) atoms. The standard InChI is InChI=1S/C66H129NO4/c1-3-5-7-9-11-13-15-17-19-21-23-24-25-26-27-28-29-30-31-32-33-34-35-36-37-38-39-40-41-42-43-45-47-49-51-53-55-57-59-61-65(70)67-63(62-68)66(71)64(69)60-58-56-54-52-50-48-46-44-22-20-18-16-14-12-10-8-6-4-2/h32-33,52,54,63-64,66,68-69,71H,3-31,34-51,53,55-62H2,1-2H3,(H,67,70)/b33-32-,54-52+. The highest BCUT2D eigenvalue weighted by Gasteiger charge is 2.26. The predicted octanol–water partition coefficient (Wildman–Crippen LogP) is 20.8. The van der Waals surface area contributed by atoms with E-state index in [1.807, 2.05) is 0 Å². The Morgan fingerprint density at radius 2 is 0.563 bits per heavy atom. The maximum Gasteiger partial charge on any atom is 0.220 e. The first-order valence-electron chi connectivity index (χ1n) is 32.6. The van der Waals surface area contributed by atoms with Gasteiger partial charge in [-0.2, -0.15) is 0 Å². The van der Waals surface area contributed by atoms with Gasteiger partial charge in [0.1, 0.15) is 6.10 Å². The molecule has 0 heterocycles. The summed E-state index contributed by atoms with van der Waals surface area (Å²) in [6, 6.07) is -0.825. The number of hydrogen-bond donors (Lipinski definition) is 4. The third kappa shape index (κ3) is 56.4. The molecule has 0 fully saturated rings. The molecule has 0 radical (unpaired) electrons. The van der Waals surface area contributed by atoms with Gasteiger partial charge in [0.15, 0.2) is 0 Å². The average molecular weight is 1000 g/mol. The Hall–Kier alpha value is -1.17. The van der Waals surface area contributed by atoms with Gasteiger partial charge in [-0.3, -0.25) is 4.79 Å². The second kappa shape index (κ2) is 61.4. The fourth-order valence-electron chi connectivity index (χ4n) is 10.5. The molecular formula is C66H129NO4. The summed E-state index contributed by atoms with van der Waals surface area (Å²) in [4.78, 5) is 12.5. The Morgan fingerprint density at radius 1 is 0.338 bits per heavy atom. The number of carbonyl (C=O) groups is 1. The van der Waals surface area contributed by atoms with Crippen molar-refractivity contribution in [2.75, 3.05) is 6.61 Å². The molecule has 0 aromatic carbocycles. The molecule has 1 amide bonds. The molecule has 0 rings (SSSR count). The van der Waals surface area contributed by atoms with Crippen LogP contribution in [0.5, 0.6) is 0 Å². The molecule has 0 bridgehead atoms. The fourth-order valence-corrected chi connectivity index (χ4v) is 10.5. The van der Waals surface area contributed by atoms with Crippen LogP contribution in [0.25, 0.3) is 0 Å². The van der Waals surface area contributed by atoms with Crippen LogP contribution in [0, 0.1) is 0 Å². The first kappa shape index (κ1) is 69.8. The summed E-state index contributed by atoms with van der Waals surface area (Å²) in [7, 11) is 0. The van der Waals surface area contributed by atoms with E-state index >= 15 is 0 Å². The summed E-state index contributed by atoms with van der Waals surface area (Å²) in [5.74, 6) is -0.148. The smallest absolute Gasteiger partial charge is 0.220 e. The third-order valence-corrected chi connectivity index (χ3v) is 15.5. The molecule has 0 aliphatic carbocycles. The van der Waals surface area contributed by atoms with Crippen LogP contribution in [0.4, 0.5) is 0 Å². The van der Waals surface area contributed by atoms with E-state index in [4.69, 9.17) is 0 Å². The number of aliphatic hydroxyl groups is 3. The minimum absolute atomic E-state index is 0.148. The van der Waals surface area contributed by atoms with E-state index in [0.717, 1.165) is 38.5 Å². The van der Waals surface area contributed by atoms with Crippen LogP contribution < -0.4 is 5.32 Å². The molecule has 5 nitrogen and oxygen atoms in total. The van der Waals surface area contributed by atoms with Gasteiger partial charge >= 0.3 is 0 Å². The average Bonchev–Trinajstić information content (AvgIpc) is 3.37. The van der Waals surface area contributed by atoms with Gasteiger partial charge in [0.25, 0.3) is 0 Å². The van der Waals surface area contributed by atoms with Gasteiger partial charge in [0.2, 0.25) is 5.91 Å². The lowest BCUT2D eigenvalue weighted by atomic mass is 10.0.